The van der Waals surface area contributed by atoms with E-state index in [0.29, 0.717) is 28.7 Å². The molecule has 0 amide bonds. The quantitative estimate of drug-likeness (QED) is 0.351. The number of carbonyl (C=O) groups excluding carboxylic acids is 1. The standard InChI is InChI=1S/C23H25NO6/c1-15(2)28-20-7-5-6-18(12-20)23(25)16(3)29-19-10-8-17(9-11-19)21-13-22(24-30-21)27-14-26-4/h5-13,15-16H,14H2,1-4H3. The van der Waals surface area contributed by atoms with Crippen molar-refractivity contribution in [2.45, 2.75) is 33.0 Å². The molecule has 0 aliphatic carbocycles. The smallest absolute Gasteiger partial charge is 0.256 e. The van der Waals surface area contributed by atoms with E-state index in [1.165, 1.54) is 7.11 Å². The number of nitrogens with zero attached hydrogens (tertiary/aromatic N) is 1. The number of aromatic nitrogens is 1. The molecule has 0 saturated heterocycles. The van der Waals surface area contributed by atoms with Gasteiger partial charge in [0.15, 0.2) is 18.7 Å². The zero-order valence-corrected chi connectivity index (χ0v) is 17.5. The van der Waals surface area contributed by atoms with Crippen LogP contribution in [-0.2, 0) is 4.74 Å². The predicted octanol–water partition coefficient (Wildman–Crippen LogP) is 4.76. The van der Waals surface area contributed by atoms with Crippen LogP contribution in [0.5, 0.6) is 17.4 Å². The Kier molecular flexibility index (Phi) is 7.08. The van der Waals surface area contributed by atoms with Crippen molar-refractivity contribution in [3.8, 4) is 28.7 Å². The van der Waals surface area contributed by atoms with Crippen LogP contribution in [0.2, 0.25) is 0 Å². The molecule has 7 nitrogen and oxygen atoms in total. The first-order valence-electron chi connectivity index (χ1n) is 9.62. The van der Waals surface area contributed by atoms with E-state index in [9.17, 15) is 4.79 Å². The second-order valence-electron chi connectivity index (χ2n) is 6.92. The summed E-state index contributed by atoms with van der Waals surface area (Å²) in [6, 6.07) is 16.0. The summed E-state index contributed by atoms with van der Waals surface area (Å²) < 4.78 is 26.8. The first-order chi connectivity index (χ1) is 14.5. The Hall–Kier alpha value is -3.32. The Morgan fingerprint density at radius 3 is 2.47 bits per heavy atom. The monoisotopic (exact) mass is 411 g/mol. The third kappa shape index (κ3) is 5.61. The molecule has 0 saturated carbocycles. The lowest BCUT2D eigenvalue weighted by Crippen LogP contribution is -2.24. The van der Waals surface area contributed by atoms with Gasteiger partial charge in [0.2, 0.25) is 5.78 Å². The molecule has 1 heterocycles. The van der Waals surface area contributed by atoms with Gasteiger partial charge >= 0.3 is 0 Å². The summed E-state index contributed by atoms with van der Waals surface area (Å²) in [5.41, 5.74) is 1.35. The first kappa shape index (κ1) is 21.4. The second kappa shape index (κ2) is 9.93. The highest BCUT2D eigenvalue weighted by Crippen LogP contribution is 2.26. The average Bonchev–Trinajstić information content (AvgIpc) is 3.21. The average molecular weight is 411 g/mol. The van der Waals surface area contributed by atoms with E-state index >= 15 is 0 Å². The zero-order valence-electron chi connectivity index (χ0n) is 17.5. The molecule has 0 spiro atoms. The molecule has 3 rings (SSSR count). The van der Waals surface area contributed by atoms with E-state index in [0.717, 1.165) is 5.56 Å². The van der Waals surface area contributed by atoms with E-state index in [4.69, 9.17) is 23.5 Å². The number of hydrogen-bond acceptors (Lipinski definition) is 7. The van der Waals surface area contributed by atoms with Gasteiger partial charge in [-0.1, -0.05) is 12.1 Å². The van der Waals surface area contributed by atoms with Crippen LogP contribution >= 0.6 is 0 Å². The minimum absolute atomic E-state index is 0.0366. The minimum atomic E-state index is -0.649. The Balaban J connectivity index is 1.63. The van der Waals surface area contributed by atoms with Crippen LogP contribution < -0.4 is 14.2 Å². The Morgan fingerprint density at radius 1 is 1.00 bits per heavy atom. The lowest BCUT2D eigenvalue weighted by atomic mass is 10.1. The number of methoxy groups -OCH3 is 1. The van der Waals surface area contributed by atoms with Crippen molar-refractivity contribution in [1.82, 2.24) is 5.16 Å². The van der Waals surface area contributed by atoms with E-state index in [-0.39, 0.29) is 18.7 Å². The number of benzene rings is 2. The number of rotatable bonds is 10. The Bertz CT molecular complexity index is 964. The fraction of sp³-hybridized carbons (Fsp3) is 0.304. The molecule has 1 atom stereocenters. The third-order valence-corrected chi connectivity index (χ3v) is 4.12. The van der Waals surface area contributed by atoms with E-state index in [1.807, 2.05) is 32.0 Å². The van der Waals surface area contributed by atoms with Crippen LogP contribution in [0.3, 0.4) is 0 Å². The van der Waals surface area contributed by atoms with Gasteiger partial charge in [0.1, 0.15) is 11.5 Å². The lowest BCUT2D eigenvalue weighted by Gasteiger charge is -2.15. The van der Waals surface area contributed by atoms with Gasteiger partial charge in [-0.2, -0.15) is 0 Å². The Labute approximate surface area is 175 Å². The number of hydrogen-bond donors (Lipinski definition) is 0. The molecule has 0 aliphatic heterocycles. The maximum atomic E-state index is 12.7. The lowest BCUT2D eigenvalue weighted by molar-refractivity contribution is 0.0453. The van der Waals surface area contributed by atoms with Gasteiger partial charge < -0.3 is 23.5 Å². The largest absolute Gasteiger partial charge is 0.491 e. The molecule has 0 aliphatic rings. The summed E-state index contributed by atoms with van der Waals surface area (Å²) in [4.78, 5) is 12.7. The van der Waals surface area contributed by atoms with Crippen LogP contribution in [0.4, 0.5) is 0 Å². The zero-order chi connectivity index (χ0) is 21.5. The molecule has 2 aromatic carbocycles. The van der Waals surface area contributed by atoms with Gasteiger partial charge in [-0.05, 0) is 62.3 Å². The molecule has 1 aromatic heterocycles. The normalized spacial score (nSPS) is 11.9. The molecule has 0 fully saturated rings. The molecule has 30 heavy (non-hydrogen) atoms. The molecule has 1 unspecified atom stereocenters. The van der Waals surface area contributed by atoms with E-state index in [2.05, 4.69) is 5.16 Å². The molecule has 0 bridgehead atoms. The van der Waals surface area contributed by atoms with Crippen molar-refractivity contribution in [2.75, 3.05) is 13.9 Å². The SMILES string of the molecule is COCOc1cc(-c2ccc(OC(C)C(=O)c3cccc(OC(C)C)c3)cc2)on1. The van der Waals surface area contributed by atoms with Crippen LogP contribution in [-0.4, -0.2) is 37.1 Å². The molecular formula is C23H25NO6. The highest BCUT2D eigenvalue weighted by Gasteiger charge is 2.18. The third-order valence-electron chi connectivity index (χ3n) is 4.12. The fourth-order valence-electron chi connectivity index (χ4n) is 2.77. The van der Waals surface area contributed by atoms with Gasteiger partial charge in [0.05, 0.1) is 6.10 Å². The van der Waals surface area contributed by atoms with Crippen molar-refractivity contribution in [3.63, 3.8) is 0 Å². The van der Waals surface area contributed by atoms with Gasteiger partial charge in [-0.3, -0.25) is 4.79 Å². The molecule has 0 N–H and O–H groups in total. The van der Waals surface area contributed by atoms with E-state index < -0.39 is 6.10 Å². The van der Waals surface area contributed by atoms with Crippen molar-refractivity contribution >= 4 is 5.78 Å². The highest BCUT2D eigenvalue weighted by molar-refractivity contribution is 5.99. The topological polar surface area (TPSA) is 80.0 Å². The summed E-state index contributed by atoms with van der Waals surface area (Å²) >= 11 is 0. The molecule has 7 heteroatoms. The van der Waals surface area contributed by atoms with Crippen LogP contribution in [0, 0.1) is 0 Å². The van der Waals surface area contributed by atoms with Crippen molar-refractivity contribution < 1.29 is 28.3 Å². The van der Waals surface area contributed by atoms with Gasteiger partial charge in [-0.25, -0.2) is 0 Å². The molecule has 158 valence electrons. The first-order valence-corrected chi connectivity index (χ1v) is 9.62. The Morgan fingerprint density at radius 2 is 1.77 bits per heavy atom. The molecule has 3 aromatic rings. The summed E-state index contributed by atoms with van der Waals surface area (Å²) in [5, 5.41) is 3.82. The van der Waals surface area contributed by atoms with Crippen molar-refractivity contribution in [1.29, 1.82) is 0 Å². The summed E-state index contributed by atoms with van der Waals surface area (Å²) in [5.74, 6) is 2.01. The van der Waals surface area contributed by atoms with E-state index in [1.54, 1.807) is 43.3 Å². The minimum Gasteiger partial charge on any atom is -0.491 e. The molecule has 0 radical (unpaired) electrons. The van der Waals surface area contributed by atoms with Gasteiger partial charge in [0, 0.05) is 24.3 Å². The summed E-state index contributed by atoms with van der Waals surface area (Å²) in [6.45, 7) is 5.70. The molecular weight excluding hydrogens is 386 g/mol. The maximum Gasteiger partial charge on any atom is 0.256 e. The van der Waals surface area contributed by atoms with Crippen molar-refractivity contribution in [3.05, 3.63) is 60.2 Å². The predicted molar refractivity (Wildman–Crippen MR) is 111 cm³/mol. The highest BCUT2D eigenvalue weighted by atomic mass is 16.7. The van der Waals surface area contributed by atoms with Gasteiger partial charge in [-0.15, -0.1) is 0 Å². The number of ketones is 1. The summed E-state index contributed by atoms with van der Waals surface area (Å²) in [7, 11) is 1.53. The van der Waals surface area contributed by atoms with Crippen LogP contribution in [0.1, 0.15) is 31.1 Å². The van der Waals surface area contributed by atoms with Gasteiger partial charge in [0.25, 0.3) is 5.88 Å². The van der Waals surface area contributed by atoms with Crippen LogP contribution in [0.25, 0.3) is 11.3 Å². The number of ether oxygens (including phenoxy) is 4. The fourth-order valence-corrected chi connectivity index (χ4v) is 2.77. The second-order valence-corrected chi connectivity index (χ2v) is 6.92. The number of carbonyl (C=O) groups is 1. The van der Waals surface area contributed by atoms with Crippen LogP contribution in [0.15, 0.2) is 59.1 Å². The summed E-state index contributed by atoms with van der Waals surface area (Å²) in [6.07, 6.45) is -0.612. The number of Topliss-reactive ketones (excluding diaryl/α,β-unsaturated/α-hetero) is 1. The van der Waals surface area contributed by atoms with Crippen molar-refractivity contribution in [2.24, 2.45) is 0 Å². The maximum absolute atomic E-state index is 12.7.